The molecule has 34 heavy (non-hydrogen) atoms. The standard InChI is InChI=1S/C25H26N7OP/c1-32-14-17-7-4-6-16-10-20(11-18(15-32)23(16)17)28-25-27-13-19(12-26)24(31-25)30-21-8-5-9-22(29-21)34(2,3)33/h4-6,8-11,13,17H,7,14-15H2,1-3H3,(H2,27,28,29,30,31). The molecule has 172 valence electrons. The highest BCUT2D eigenvalue weighted by molar-refractivity contribution is 7.69. The normalized spacial score (nSPS) is 17.1. The topological polar surface area (TPSA) is 107 Å². The van der Waals surface area contributed by atoms with Crippen molar-refractivity contribution >= 4 is 41.9 Å². The van der Waals surface area contributed by atoms with Crippen LogP contribution in [0.25, 0.3) is 6.08 Å². The van der Waals surface area contributed by atoms with Crippen LogP contribution in [-0.4, -0.2) is 46.8 Å². The molecule has 2 N–H and O–H groups in total. The Kier molecular flexibility index (Phi) is 5.68. The Morgan fingerprint density at radius 3 is 2.85 bits per heavy atom. The molecule has 3 aromatic rings. The summed E-state index contributed by atoms with van der Waals surface area (Å²) in [5.41, 5.74) is 5.72. The van der Waals surface area contributed by atoms with Crippen molar-refractivity contribution in [2.24, 2.45) is 0 Å². The average Bonchev–Trinajstić information content (AvgIpc) is 2.79. The molecule has 0 spiro atoms. The number of anilines is 4. The van der Waals surface area contributed by atoms with Crippen molar-refractivity contribution in [1.82, 2.24) is 19.9 Å². The molecule has 3 heterocycles. The van der Waals surface area contributed by atoms with Gasteiger partial charge in [-0.15, -0.1) is 0 Å². The van der Waals surface area contributed by atoms with Crippen molar-refractivity contribution in [3.8, 4) is 6.07 Å². The molecule has 9 heteroatoms. The molecule has 1 aliphatic heterocycles. The summed E-state index contributed by atoms with van der Waals surface area (Å²) in [7, 11) is -0.362. The molecule has 0 radical (unpaired) electrons. The van der Waals surface area contributed by atoms with Gasteiger partial charge in [0.05, 0.1) is 6.20 Å². The van der Waals surface area contributed by atoms with E-state index in [1.54, 1.807) is 31.5 Å². The van der Waals surface area contributed by atoms with Crippen LogP contribution in [0.4, 0.5) is 23.3 Å². The third kappa shape index (κ3) is 4.45. The van der Waals surface area contributed by atoms with E-state index in [2.05, 4.69) is 67.9 Å². The zero-order valence-corrected chi connectivity index (χ0v) is 20.3. The molecule has 0 bridgehead atoms. The maximum Gasteiger partial charge on any atom is 0.229 e. The van der Waals surface area contributed by atoms with Crippen molar-refractivity contribution in [3.05, 3.63) is 64.9 Å². The van der Waals surface area contributed by atoms with E-state index in [9.17, 15) is 9.83 Å². The smallest absolute Gasteiger partial charge is 0.229 e. The summed E-state index contributed by atoms with van der Waals surface area (Å²) in [5.74, 6) is 1.72. The van der Waals surface area contributed by atoms with Crippen LogP contribution >= 0.6 is 7.14 Å². The predicted octanol–water partition coefficient (Wildman–Crippen LogP) is 4.42. The van der Waals surface area contributed by atoms with Crippen LogP contribution in [-0.2, 0) is 11.1 Å². The van der Waals surface area contributed by atoms with E-state index in [1.165, 1.54) is 22.9 Å². The molecule has 8 nitrogen and oxygen atoms in total. The number of rotatable bonds is 5. The minimum absolute atomic E-state index is 0.293. The van der Waals surface area contributed by atoms with Crippen molar-refractivity contribution in [1.29, 1.82) is 5.26 Å². The number of pyridine rings is 1. The molecular weight excluding hydrogens is 445 g/mol. The predicted molar refractivity (Wildman–Crippen MR) is 136 cm³/mol. The van der Waals surface area contributed by atoms with E-state index in [-0.39, 0.29) is 0 Å². The second-order valence-corrected chi connectivity index (χ2v) is 12.4. The summed E-state index contributed by atoms with van der Waals surface area (Å²) in [6.45, 7) is 5.33. The summed E-state index contributed by atoms with van der Waals surface area (Å²) in [6.07, 6.45) is 6.99. The molecule has 1 aromatic carbocycles. The lowest BCUT2D eigenvalue weighted by Crippen LogP contribution is -2.31. The van der Waals surface area contributed by atoms with Crippen LogP contribution in [0.15, 0.2) is 42.6 Å². The maximum absolute atomic E-state index is 12.4. The van der Waals surface area contributed by atoms with Crippen molar-refractivity contribution < 1.29 is 4.57 Å². The third-order valence-electron chi connectivity index (χ3n) is 6.09. The van der Waals surface area contributed by atoms with Crippen LogP contribution in [0.1, 0.15) is 34.6 Å². The highest BCUT2D eigenvalue weighted by Crippen LogP contribution is 2.39. The molecule has 5 rings (SSSR count). The highest BCUT2D eigenvalue weighted by Gasteiger charge is 2.27. The van der Waals surface area contributed by atoms with Crippen LogP contribution in [0.5, 0.6) is 0 Å². The Hall–Kier alpha value is -3.53. The summed E-state index contributed by atoms with van der Waals surface area (Å²) in [5, 5.41) is 15.9. The lowest BCUT2D eigenvalue weighted by molar-refractivity contribution is 0.280. The number of nitrogens with one attached hydrogen (secondary N) is 2. The quantitative estimate of drug-likeness (QED) is 0.527. The zero-order chi connectivity index (χ0) is 23.9. The highest BCUT2D eigenvalue weighted by atomic mass is 31.2. The fourth-order valence-corrected chi connectivity index (χ4v) is 5.41. The molecule has 0 saturated carbocycles. The van der Waals surface area contributed by atoms with Gasteiger partial charge >= 0.3 is 0 Å². The molecule has 1 aliphatic carbocycles. The van der Waals surface area contributed by atoms with Crippen LogP contribution in [0, 0.1) is 11.3 Å². The Morgan fingerprint density at radius 2 is 2.06 bits per heavy atom. The Balaban J connectivity index is 1.45. The summed E-state index contributed by atoms with van der Waals surface area (Å²) < 4.78 is 12.4. The number of nitrogens with zero attached hydrogens (tertiary/aromatic N) is 5. The second-order valence-electron chi connectivity index (χ2n) is 9.22. The molecule has 2 aromatic heterocycles. The van der Waals surface area contributed by atoms with Gasteiger partial charge in [-0.05, 0) is 67.8 Å². The van der Waals surface area contributed by atoms with Gasteiger partial charge in [0.25, 0.3) is 0 Å². The van der Waals surface area contributed by atoms with Gasteiger partial charge in [-0.3, -0.25) is 0 Å². The molecule has 0 amide bonds. The van der Waals surface area contributed by atoms with E-state index in [0.717, 1.165) is 25.2 Å². The Labute approximate surface area is 199 Å². The number of benzene rings is 1. The first-order chi connectivity index (χ1) is 16.3. The summed E-state index contributed by atoms with van der Waals surface area (Å²) in [4.78, 5) is 15.7. The number of nitriles is 1. The van der Waals surface area contributed by atoms with Crippen LogP contribution < -0.4 is 16.1 Å². The Morgan fingerprint density at radius 1 is 1.21 bits per heavy atom. The monoisotopic (exact) mass is 471 g/mol. The van der Waals surface area contributed by atoms with E-state index >= 15 is 0 Å². The first-order valence-corrected chi connectivity index (χ1v) is 13.8. The molecule has 0 saturated heterocycles. The van der Waals surface area contributed by atoms with E-state index < -0.39 is 7.14 Å². The zero-order valence-electron chi connectivity index (χ0n) is 19.4. The number of hydrogen-bond donors (Lipinski definition) is 2. The lowest BCUT2D eigenvalue weighted by atomic mass is 9.81. The van der Waals surface area contributed by atoms with Crippen LogP contribution in [0.3, 0.4) is 0 Å². The molecule has 2 aliphatic rings. The fraction of sp³-hybridized carbons (Fsp3) is 0.280. The van der Waals surface area contributed by atoms with Gasteiger partial charge < -0.3 is 20.1 Å². The molecule has 1 unspecified atom stereocenters. The fourth-order valence-electron chi connectivity index (χ4n) is 4.61. The number of aromatic nitrogens is 3. The van der Waals surface area contributed by atoms with Gasteiger partial charge in [-0.1, -0.05) is 18.2 Å². The van der Waals surface area contributed by atoms with Gasteiger partial charge in [0.1, 0.15) is 30.0 Å². The largest absolute Gasteiger partial charge is 0.324 e. The van der Waals surface area contributed by atoms with E-state index in [0.29, 0.717) is 34.5 Å². The molecule has 0 fully saturated rings. The third-order valence-corrected chi connectivity index (χ3v) is 7.45. The lowest BCUT2D eigenvalue weighted by Gasteiger charge is -2.35. The number of likely N-dealkylation sites (N-methyl/N-ethyl adjacent to an activating group) is 1. The van der Waals surface area contributed by atoms with Crippen molar-refractivity contribution in [2.45, 2.75) is 18.9 Å². The number of allylic oxidation sites excluding steroid dienone is 1. The van der Waals surface area contributed by atoms with E-state index in [4.69, 9.17) is 0 Å². The van der Waals surface area contributed by atoms with Crippen molar-refractivity contribution in [3.63, 3.8) is 0 Å². The van der Waals surface area contributed by atoms with Gasteiger partial charge in [0.15, 0.2) is 5.82 Å². The van der Waals surface area contributed by atoms with Gasteiger partial charge in [-0.2, -0.15) is 10.2 Å². The second kappa shape index (κ2) is 8.68. The SMILES string of the molecule is CN1Cc2cc(Nc3ncc(C#N)c(Nc4cccc(P(C)(C)=O)n4)n3)cc3c2C(CC=C3)C1. The minimum Gasteiger partial charge on any atom is -0.324 e. The minimum atomic E-state index is -2.52. The van der Waals surface area contributed by atoms with E-state index in [1.807, 2.05) is 0 Å². The average molecular weight is 472 g/mol. The summed E-state index contributed by atoms with van der Waals surface area (Å²) >= 11 is 0. The van der Waals surface area contributed by atoms with Gasteiger partial charge in [0.2, 0.25) is 5.95 Å². The molecule has 1 atom stereocenters. The van der Waals surface area contributed by atoms with Crippen molar-refractivity contribution in [2.75, 3.05) is 37.6 Å². The maximum atomic E-state index is 12.4. The number of hydrogen-bond acceptors (Lipinski definition) is 8. The molecular formula is C25H26N7OP. The first-order valence-electron chi connectivity index (χ1n) is 11.2. The first kappa shape index (κ1) is 22.3. The van der Waals surface area contributed by atoms with Gasteiger partial charge in [-0.25, -0.2) is 9.97 Å². The van der Waals surface area contributed by atoms with Gasteiger partial charge in [0, 0.05) is 24.7 Å². The summed E-state index contributed by atoms with van der Waals surface area (Å²) in [6, 6.07) is 11.7. The Bertz CT molecular complexity index is 1390. The van der Waals surface area contributed by atoms with Crippen LogP contribution in [0.2, 0.25) is 0 Å².